The molecule has 2 aromatic rings. The van der Waals surface area contributed by atoms with Crippen molar-refractivity contribution in [2.24, 2.45) is 5.73 Å². The summed E-state index contributed by atoms with van der Waals surface area (Å²) >= 11 is 7.61. The molecule has 2 rings (SSSR count). The highest BCUT2D eigenvalue weighted by Crippen LogP contribution is 2.33. The van der Waals surface area contributed by atoms with Crippen molar-refractivity contribution in [1.29, 1.82) is 0 Å². The Kier molecular flexibility index (Phi) is 5.46. The standard InChI is InChI=1S/C16H20ClNOS/c1-3-8-19-14-5-4-12(9-11(14)2)13(10-18)15-6-7-16(17)20-15/h4-7,9,13H,3,8,10,18H2,1-2H3. The fourth-order valence-electron chi connectivity index (χ4n) is 2.20. The summed E-state index contributed by atoms with van der Waals surface area (Å²) in [7, 11) is 0. The second-order valence-electron chi connectivity index (χ2n) is 4.80. The average molecular weight is 310 g/mol. The van der Waals surface area contributed by atoms with Crippen LogP contribution in [0, 0.1) is 6.92 Å². The predicted molar refractivity (Wildman–Crippen MR) is 87.2 cm³/mol. The van der Waals surface area contributed by atoms with Gasteiger partial charge < -0.3 is 10.5 Å². The molecule has 1 aromatic carbocycles. The van der Waals surface area contributed by atoms with E-state index >= 15 is 0 Å². The Morgan fingerprint density at radius 2 is 2.10 bits per heavy atom. The smallest absolute Gasteiger partial charge is 0.122 e. The molecule has 1 atom stereocenters. The molecule has 1 aromatic heterocycles. The number of ether oxygens (including phenoxy) is 1. The molecule has 2 N–H and O–H groups in total. The normalized spacial score (nSPS) is 12.4. The van der Waals surface area contributed by atoms with Gasteiger partial charge in [0, 0.05) is 17.3 Å². The minimum atomic E-state index is 0.200. The summed E-state index contributed by atoms with van der Waals surface area (Å²) in [6, 6.07) is 10.3. The molecule has 0 radical (unpaired) electrons. The number of nitrogens with two attached hydrogens (primary N) is 1. The number of halogens is 1. The van der Waals surface area contributed by atoms with Crippen molar-refractivity contribution in [2.75, 3.05) is 13.2 Å². The van der Waals surface area contributed by atoms with Gasteiger partial charge in [-0.15, -0.1) is 11.3 Å². The largest absolute Gasteiger partial charge is 0.493 e. The van der Waals surface area contributed by atoms with E-state index in [2.05, 4.69) is 32.0 Å². The van der Waals surface area contributed by atoms with Crippen LogP contribution in [-0.4, -0.2) is 13.2 Å². The summed E-state index contributed by atoms with van der Waals surface area (Å²) in [6.07, 6.45) is 1.01. The van der Waals surface area contributed by atoms with Crippen molar-refractivity contribution >= 4 is 22.9 Å². The van der Waals surface area contributed by atoms with Gasteiger partial charge in [0.2, 0.25) is 0 Å². The monoisotopic (exact) mass is 309 g/mol. The molecule has 0 aliphatic rings. The third-order valence-corrected chi connectivity index (χ3v) is 4.58. The SMILES string of the molecule is CCCOc1ccc(C(CN)c2ccc(Cl)s2)cc1C. The van der Waals surface area contributed by atoms with E-state index in [1.54, 1.807) is 11.3 Å². The maximum absolute atomic E-state index is 6.02. The Balaban J connectivity index is 2.24. The van der Waals surface area contributed by atoms with E-state index in [9.17, 15) is 0 Å². The van der Waals surface area contributed by atoms with Crippen LogP contribution in [0.25, 0.3) is 0 Å². The lowest BCUT2D eigenvalue weighted by molar-refractivity contribution is 0.315. The molecule has 0 aliphatic heterocycles. The zero-order chi connectivity index (χ0) is 14.5. The highest BCUT2D eigenvalue weighted by atomic mass is 35.5. The van der Waals surface area contributed by atoms with Gasteiger partial charge in [0.15, 0.2) is 0 Å². The van der Waals surface area contributed by atoms with E-state index in [-0.39, 0.29) is 5.92 Å². The van der Waals surface area contributed by atoms with Crippen molar-refractivity contribution in [3.63, 3.8) is 0 Å². The molecule has 4 heteroatoms. The minimum absolute atomic E-state index is 0.200. The van der Waals surface area contributed by atoms with Crippen LogP contribution in [0.3, 0.4) is 0 Å². The van der Waals surface area contributed by atoms with Gasteiger partial charge in [0.25, 0.3) is 0 Å². The maximum Gasteiger partial charge on any atom is 0.122 e. The molecule has 1 unspecified atom stereocenters. The first-order valence-electron chi connectivity index (χ1n) is 6.84. The Morgan fingerprint density at radius 1 is 1.30 bits per heavy atom. The quantitative estimate of drug-likeness (QED) is 0.847. The van der Waals surface area contributed by atoms with Crippen molar-refractivity contribution in [2.45, 2.75) is 26.2 Å². The van der Waals surface area contributed by atoms with Crippen LogP contribution < -0.4 is 10.5 Å². The predicted octanol–water partition coefficient (Wildman–Crippen LogP) is 4.59. The van der Waals surface area contributed by atoms with Gasteiger partial charge in [0.1, 0.15) is 5.75 Å². The lowest BCUT2D eigenvalue weighted by Gasteiger charge is -2.16. The Bertz CT molecular complexity index is 567. The number of benzene rings is 1. The molecule has 0 aliphatic carbocycles. The summed E-state index contributed by atoms with van der Waals surface area (Å²) < 4.78 is 6.52. The van der Waals surface area contributed by atoms with Crippen molar-refractivity contribution < 1.29 is 4.74 Å². The summed E-state index contributed by atoms with van der Waals surface area (Å²) in [5.74, 6) is 1.15. The van der Waals surface area contributed by atoms with Gasteiger partial charge in [-0.3, -0.25) is 0 Å². The minimum Gasteiger partial charge on any atom is -0.493 e. The first-order valence-corrected chi connectivity index (χ1v) is 8.03. The van der Waals surface area contributed by atoms with E-state index in [1.165, 1.54) is 10.4 Å². The van der Waals surface area contributed by atoms with Crippen molar-refractivity contribution in [3.8, 4) is 5.75 Å². The van der Waals surface area contributed by atoms with Crippen LogP contribution >= 0.6 is 22.9 Å². The first-order chi connectivity index (χ1) is 9.65. The second-order valence-corrected chi connectivity index (χ2v) is 6.55. The van der Waals surface area contributed by atoms with E-state index < -0.39 is 0 Å². The van der Waals surface area contributed by atoms with E-state index in [0.717, 1.165) is 28.7 Å². The first kappa shape index (κ1) is 15.4. The van der Waals surface area contributed by atoms with Gasteiger partial charge in [-0.1, -0.05) is 30.7 Å². The fraction of sp³-hybridized carbons (Fsp3) is 0.375. The molecule has 0 bridgehead atoms. The number of hydrogen-bond donors (Lipinski definition) is 1. The molecular weight excluding hydrogens is 290 g/mol. The van der Waals surface area contributed by atoms with E-state index in [1.807, 2.05) is 12.1 Å². The molecule has 0 fully saturated rings. The molecule has 2 nitrogen and oxygen atoms in total. The molecule has 0 saturated carbocycles. The third kappa shape index (κ3) is 3.54. The van der Waals surface area contributed by atoms with E-state index in [4.69, 9.17) is 22.1 Å². The molecule has 0 saturated heterocycles. The molecule has 0 spiro atoms. The molecule has 0 amide bonds. The van der Waals surface area contributed by atoms with Crippen molar-refractivity contribution in [3.05, 3.63) is 50.7 Å². The van der Waals surface area contributed by atoms with Gasteiger partial charge in [-0.25, -0.2) is 0 Å². The number of rotatable bonds is 6. The van der Waals surface area contributed by atoms with Crippen LogP contribution in [0.5, 0.6) is 5.75 Å². The average Bonchev–Trinajstić information content (AvgIpc) is 2.85. The maximum atomic E-state index is 6.02. The summed E-state index contributed by atoms with van der Waals surface area (Å²) in [5.41, 5.74) is 8.31. The lowest BCUT2D eigenvalue weighted by Crippen LogP contribution is -2.13. The summed E-state index contributed by atoms with van der Waals surface area (Å²) in [6.45, 7) is 5.50. The molecular formula is C16H20ClNOS. The van der Waals surface area contributed by atoms with Crippen LogP contribution in [0.1, 0.15) is 35.3 Å². The zero-order valence-electron chi connectivity index (χ0n) is 11.9. The number of thiophene rings is 1. The van der Waals surface area contributed by atoms with Crippen molar-refractivity contribution in [1.82, 2.24) is 0 Å². The van der Waals surface area contributed by atoms with Crippen LogP contribution in [0.15, 0.2) is 30.3 Å². The van der Waals surface area contributed by atoms with Gasteiger partial charge in [-0.2, -0.15) is 0 Å². The van der Waals surface area contributed by atoms with Gasteiger partial charge in [0.05, 0.1) is 10.9 Å². The Morgan fingerprint density at radius 3 is 2.65 bits per heavy atom. The topological polar surface area (TPSA) is 35.2 Å². The zero-order valence-corrected chi connectivity index (χ0v) is 13.4. The molecule has 20 heavy (non-hydrogen) atoms. The molecule has 1 heterocycles. The Labute approximate surface area is 129 Å². The van der Waals surface area contributed by atoms with Gasteiger partial charge >= 0.3 is 0 Å². The van der Waals surface area contributed by atoms with Crippen LogP contribution in [0.2, 0.25) is 4.34 Å². The molecule has 108 valence electrons. The highest BCUT2D eigenvalue weighted by Gasteiger charge is 2.15. The fourth-order valence-corrected chi connectivity index (χ4v) is 3.40. The second kappa shape index (κ2) is 7.11. The van der Waals surface area contributed by atoms with Gasteiger partial charge in [-0.05, 0) is 42.7 Å². The number of hydrogen-bond acceptors (Lipinski definition) is 3. The summed E-state index contributed by atoms with van der Waals surface area (Å²) in [5, 5.41) is 0. The lowest BCUT2D eigenvalue weighted by atomic mass is 9.96. The van der Waals surface area contributed by atoms with E-state index in [0.29, 0.717) is 6.54 Å². The van der Waals surface area contributed by atoms with Crippen LogP contribution in [-0.2, 0) is 0 Å². The number of aryl methyl sites for hydroxylation is 1. The highest BCUT2D eigenvalue weighted by molar-refractivity contribution is 7.16. The summed E-state index contributed by atoms with van der Waals surface area (Å²) in [4.78, 5) is 1.21. The van der Waals surface area contributed by atoms with Crippen LogP contribution in [0.4, 0.5) is 0 Å². The Hall–Kier alpha value is -1.03. The third-order valence-electron chi connectivity index (χ3n) is 3.24.